The summed E-state index contributed by atoms with van der Waals surface area (Å²) in [6, 6.07) is 10.8. The van der Waals surface area contributed by atoms with Crippen molar-refractivity contribution in [2.75, 3.05) is 0 Å². The van der Waals surface area contributed by atoms with Crippen molar-refractivity contribution in [2.45, 2.75) is 5.92 Å². The minimum Gasteiger partial charge on any atom is -0.302 e. The first kappa shape index (κ1) is 14.5. The SMILES string of the molecule is O=CC(c1ccccc1Cl)c1cc(Cl)ccc1[N+](=O)[O-]. The van der Waals surface area contributed by atoms with Crippen LogP contribution in [0.25, 0.3) is 0 Å². The Kier molecular flexibility index (Phi) is 4.37. The maximum atomic E-state index is 11.4. The van der Waals surface area contributed by atoms with Gasteiger partial charge in [0.2, 0.25) is 0 Å². The first-order valence-corrected chi connectivity index (χ1v) is 6.43. The van der Waals surface area contributed by atoms with Crippen molar-refractivity contribution in [3.8, 4) is 0 Å². The van der Waals surface area contributed by atoms with Crippen LogP contribution in [0.3, 0.4) is 0 Å². The van der Waals surface area contributed by atoms with E-state index in [0.717, 1.165) is 0 Å². The van der Waals surface area contributed by atoms with Crippen LogP contribution < -0.4 is 0 Å². The van der Waals surface area contributed by atoms with Gasteiger partial charge in [0.25, 0.3) is 5.69 Å². The number of nitro benzene ring substituents is 1. The molecule has 0 bridgehead atoms. The van der Waals surface area contributed by atoms with Crippen molar-refractivity contribution in [3.63, 3.8) is 0 Å². The molecule has 2 aromatic rings. The zero-order valence-corrected chi connectivity index (χ0v) is 11.6. The van der Waals surface area contributed by atoms with Crippen molar-refractivity contribution in [2.24, 2.45) is 0 Å². The Labute approximate surface area is 125 Å². The number of nitro groups is 1. The molecular weight excluding hydrogens is 301 g/mol. The number of hydrogen-bond acceptors (Lipinski definition) is 3. The second-order valence-electron chi connectivity index (χ2n) is 4.10. The minimum absolute atomic E-state index is 0.161. The summed E-state index contributed by atoms with van der Waals surface area (Å²) >= 11 is 11.9. The first-order valence-electron chi connectivity index (χ1n) is 5.68. The average Bonchev–Trinajstić information content (AvgIpc) is 2.41. The first-order chi connectivity index (χ1) is 9.54. The van der Waals surface area contributed by atoms with Gasteiger partial charge in [-0.25, -0.2) is 0 Å². The number of benzene rings is 2. The molecule has 2 aromatic carbocycles. The summed E-state index contributed by atoms with van der Waals surface area (Å²) in [5.41, 5.74) is 0.576. The van der Waals surface area contributed by atoms with Gasteiger partial charge in [-0.15, -0.1) is 0 Å². The van der Waals surface area contributed by atoms with E-state index < -0.39 is 10.8 Å². The third-order valence-electron chi connectivity index (χ3n) is 2.90. The second kappa shape index (κ2) is 6.03. The van der Waals surface area contributed by atoms with E-state index >= 15 is 0 Å². The zero-order valence-electron chi connectivity index (χ0n) is 10.1. The van der Waals surface area contributed by atoms with Gasteiger partial charge in [0, 0.05) is 21.7 Å². The van der Waals surface area contributed by atoms with Gasteiger partial charge in [-0.2, -0.15) is 0 Å². The maximum absolute atomic E-state index is 11.4. The van der Waals surface area contributed by atoms with Gasteiger partial charge in [0.1, 0.15) is 6.29 Å². The van der Waals surface area contributed by atoms with E-state index in [9.17, 15) is 14.9 Å². The fraction of sp³-hybridized carbons (Fsp3) is 0.0714. The van der Waals surface area contributed by atoms with Crippen LogP contribution >= 0.6 is 23.2 Å². The van der Waals surface area contributed by atoms with Gasteiger partial charge in [-0.1, -0.05) is 41.4 Å². The fourth-order valence-electron chi connectivity index (χ4n) is 1.98. The van der Waals surface area contributed by atoms with Gasteiger partial charge in [-0.05, 0) is 23.8 Å². The number of hydrogen-bond donors (Lipinski definition) is 0. The third kappa shape index (κ3) is 2.81. The Morgan fingerprint density at radius 2 is 1.80 bits per heavy atom. The highest BCUT2D eigenvalue weighted by Gasteiger charge is 2.25. The van der Waals surface area contributed by atoms with Crippen LogP contribution in [0, 0.1) is 10.1 Å². The second-order valence-corrected chi connectivity index (χ2v) is 4.94. The predicted molar refractivity (Wildman–Crippen MR) is 77.5 cm³/mol. The van der Waals surface area contributed by atoms with Crippen molar-refractivity contribution in [3.05, 3.63) is 73.8 Å². The minimum atomic E-state index is -0.831. The summed E-state index contributed by atoms with van der Waals surface area (Å²) in [5, 5.41) is 11.8. The Morgan fingerprint density at radius 3 is 2.40 bits per heavy atom. The van der Waals surface area contributed by atoms with Crippen molar-refractivity contribution in [1.82, 2.24) is 0 Å². The molecule has 4 nitrogen and oxygen atoms in total. The van der Waals surface area contributed by atoms with Gasteiger partial charge >= 0.3 is 0 Å². The highest BCUT2D eigenvalue weighted by atomic mass is 35.5. The molecule has 20 heavy (non-hydrogen) atoms. The molecule has 6 heteroatoms. The number of halogens is 2. The van der Waals surface area contributed by atoms with Crippen LogP contribution in [-0.2, 0) is 4.79 Å². The average molecular weight is 310 g/mol. The number of carbonyl (C=O) groups excluding carboxylic acids is 1. The van der Waals surface area contributed by atoms with Crippen LogP contribution in [0.15, 0.2) is 42.5 Å². The molecule has 0 aliphatic carbocycles. The van der Waals surface area contributed by atoms with Crippen LogP contribution in [0.5, 0.6) is 0 Å². The van der Waals surface area contributed by atoms with Gasteiger partial charge in [0.15, 0.2) is 0 Å². The monoisotopic (exact) mass is 309 g/mol. The molecule has 2 rings (SSSR count). The summed E-state index contributed by atoms with van der Waals surface area (Å²) in [6.07, 6.45) is 0.625. The zero-order chi connectivity index (χ0) is 14.7. The summed E-state index contributed by atoms with van der Waals surface area (Å²) in [4.78, 5) is 22.0. The third-order valence-corrected chi connectivity index (χ3v) is 3.48. The molecular formula is C14H9Cl2NO3. The summed E-state index contributed by atoms with van der Waals surface area (Å²) < 4.78 is 0. The standard InChI is InChI=1S/C14H9Cl2NO3/c15-9-5-6-14(17(19)20)11(7-9)12(8-18)10-3-1-2-4-13(10)16/h1-8,12H. The van der Waals surface area contributed by atoms with Gasteiger partial charge in [0.05, 0.1) is 10.8 Å². The molecule has 0 saturated carbocycles. The molecule has 0 amide bonds. The quantitative estimate of drug-likeness (QED) is 0.482. The largest absolute Gasteiger partial charge is 0.302 e. The molecule has 0 spiro atoms. The lowest BCUT2D eigenvalue weighted by molar-refractivity contribution is -0.385. The van der Waals surface area contributed by atoms with E-state index in [-0.39, 0.29) is 11.3 Å². The molecule has 0 fully saturated rings. The maximum Gasteiger partial charge on any atom is 0.273 e. The number of nitrogens with zero attached hydrogens (tertiary/aromatic N) is 1. The highest BCUT2D eigenvalue weighted by Crippen LogP contribution is 2.35. The normalized spacial score (nSPS) is 11.9. The molecule has 0 aliphatic heterocycles. The van der Waals surface area contributed by atoms with E-state index in [1.165, 1.54) is 18.2 Å². The lowest BCUT2D eigenvalue weighted by atomic mass is 9.91. The molecule has 0 aromatic heterocycles. The molecule has 0 heterocycles. The van der Waals surface area contributed by atoms with Gasteiger partial charge in [-0.3, -0.25) is 10.1 Å². The summed E-state index contributed by atoms with van der Waals surface area (Å²) in [5.74, 6) is -0.831. The van der Waals surface area contributed by atoms with E-state index in [1.807, 2.05) is 0 Å². The summed E-state index contributed by atoms with van der Waals surface area (Å²) in [6.45, 7) is 0. The van der Waals surface area contributed by atoms with Crippen LogP contribution in [0.2, 0.25) is 10.0 Å². The van der Waals surface area contributed by atoms with E-state index in [1.54, 1.807) is 24.3 Å². The highest BCUT2D eigenvalue weighted by molar-refractivity contribution is 6.32. The Balaban J connectivity index is 2.63. The van der Waals surface area contributed by atoms with Crippen LogP contribution in [0.1, 0.15) is 17.0 Å². The Bertz CT molecular complexity index is 673. The Morgan fingerprint density at radius 1 is 1.10 bits per heavy atom. The van der Waals surface area contributed by atoms with E-state index in [0.29, 0.717) is 21.9 Å². The molecule has 0 saturated heterocycles. The van der Waals surface area contributed by atoms with E-state index in [2.05, 4.69) is 0 Å². The smallest absolute Gasteiger partial charge is 0.273 e. The van der Waals surface area contributed by atoms with Crippen LogP contribution in [0.4, 0.5) is 5.69 Å². The molecule has 0 radical (unpaired) electrons. The molecule has 0 N–H and O–H groups in total. The molecule has 0 aliphatic rings. The van der Waals surface area contributed by atoms with E-state index in [4.69, 9.17) is 23.2 Å². The number of rotatable bonds is 4. The van der Waals surface area contributed by atoms with Crippen molar-refractivity contribution in [1.29, 1.82) is 0 Å². The number of carbonyl (C=O) groups is 1. The van der Waals surface area contributed by atoms with Crippen LogP contribution in [-0.4, -0.2) is 11.2 Å². The van der Waals surface area contributed by atoms with Gasteiger partial charge < -0.3 is 4.79 Å². The fourth-order valence-corrected chi connectivity index (χ4v) is 2.42. The Hall–Kier alpha value is -1.91. The summed E-state index contributed by atoms with van der Waals surface area (Å²) in [7, 11) is 0. The molecule has 1 atom stereocenters. The van der Waals surface area contributed by atoms with Crippen molar-refractivity contribution >= 4 is 35.2 Å². The van der Waals surface area contributed by atoms with Crippen molar-refractivity contribution < 1.29 is 9.72 Å². The lowest BCUT2D eigenvalue weighted by Gasteiger charge is -2.13. The predicted octanol–water partition coefficient (Wildman–Crippen LogP) is 4.23. The molecule has 102 valence electrons. The topological polar surface area (TPSA) is 60.2 Å². The molecule has 1 unspecified atom stereocenters. The lowest BCUT2D eigenvalue weighted by Crippen LogP contribution is -2.06. The number of aldehydes is 1.